The Morgan fingerprint density at radius 2 is 1.96 bits per heavy atom. The number of thioether (sulfide) groups is 1. The van der Waals surface area contributed by atoms with Gasteiger partial charge in [0, 0.05) is 11.6 Å². The van der Waals surface area contributed by atoms with E-state index in [-0.39, 0.29) is 24.0 Å². The Hall–Kier alpha value is -2.42. The van der Waals surface area contributed by atoms with E-state index < -0.39 is 5.91 Å². The Kier molecular flexibility index (Phi) is 5.09. The number of anilines is 1. The summed E-state index contributed by atoms with van der Waals surface area (Å²) in [6.07, 6.45) is 2.13. The van der Waals surface area contributed by atoms with E-state index in [0.717, 1.165) is 24.6 Å². The van der Waals surface area contributed by atoms with Crippen LogP contribution < -0.4 is 10.6 Å². The monoisotopic (exact) mass is 350 g/mol. The van der Waals surface area contributed by atoms with Crippen LogP contribution in [0.2, 0.25) is 0 Å². The highest BCUT2D eigenvalue weighted by atomic mass is 32.2. The van der Waals surface area contributed by atoms with Gasteiger partial charge in [-0.3, -0.25) is 9.59 Å². The van der Waals surface area contributed by atoms with Crippen molar-refractivity contribution < 1.29 is 18.4 Å². The summed E-state index contributed by atoms with van der Waals surface area (Å²) in [7, 11) is 0. The van der Waals surface area contributed by atoms with E-state index in [9.17, 15) is 14.0 Å². The predicted octanol–water partition coefficient (Wildman–Crippen LogP) is 1.93. The Morgan fingerprint density at radius 3 is 2.67 bits per heavy atom. The predicted molar refractivity (Wildman–Crippen MR) is 85.0 cm³/mol. The van der Waals surface area contributed by atoms with E-state index in [1.807, 2.05) is 0 Å². The normalized spacial score (nSPS) is 13.5. The minimum atomic E-state index is -0.395. The zero-order valence-electron chi connectivity index (χ0n) is 12.6. The average molecular weight is 350 g/mol. The number of benzene rings is 1. The zero-order valence-corrected chi connectivity index (χ0v) is 13.4. The molecule has 3 rings (SSSR count). The van der Waals surface area contributed by atoms with Crippen molar-refractivity contribution in [3.8, 4) is 0 Å². The fourth-order valence-electron chi connectivity index (χ4n) is 1.87. The molecular weight excluding hydrogens is 335 g/mol. The molecule has 1 aliphatic rings. The fraction of sp³-hybridized carbons (Fsp3) is 0.333. The maximum absolute atomic E-state index is 12.8. The molecule has 126 valence electrons. The molecule has 0 saturated heterocycles. The van der Waals surface area contributed by atoms with Crippen molar-refractivity contribution in [2.75, 3.05) is 17.6 Å². The summed E-state index contributed by atoms with van der Waals surface area (Å²) in [5.74, 6) is -0.0262. The number of halogens is 1. The van der Waals surface area contributed by atoms with Gasteiger partial charge in [0.1, 0.15) is 5.82 Å². The molecule has 0 unspecified atom stereocenters. The third-order valence-corrected chi connectivity index (χ3v) is 4.07. The summed E-state index contributed by atoms with van der Waals surface area (Å²) in [6, 6.07) is 5.37. The lowest BCUT2D eigenvalue weighted by Crippen LogP contribution is -2.33. The Labute approximate surface area is 141 Å². The highest BCUT2D eigenvalue weighted by molar-refractivity contribution is 7.99. The third kappa shape index (κ3) is 4.79. The van der Waals surface area contributed by atoms with Gasteiger partial charge < -0.3 is 15.1 Å². The van der Waals surface area contributed by atoms with E-state index >= 15 is 0 Å². The second-order valence-electron chi connectivity index (χ2n) is 5.30. The first-order valence-corrected chi connectivity index (χ1v) is 8.37. The molecule has 1 fully saturated rings. The van der Waals surface area contributed by atoms with Crippen LogP contribution in [0.25, 0.3) is 0 Å². The Morgan fingerprint density at radius 1 is 1.21 bits per heavy atom. The number of aromatic nitrogens is 2. The molecule has 24 heavy (non-hydrogen) atoms. The first kappa shape index (κ1) is 16.4. The van der Waals surface area contributed by atoms with Crippen molar-refractivity contribution in [3.05, 3.63) is 36.0 Å². The average Bonchev–Trinajstić information content (AvgIpc) is 3.32. The molecule has 0 atom stereocenters. The third-order valence-electron chi connectivity index (χ3n) is 3.25. The number of carbonyl (C=O) groups is 2. The summed E-state index contributed by atoms with van der Waals surface area (Å²) < 4.78 is 18.2. The van der Waals surface area contributed by atoms with Crippen molar-refractivity contribution in [2.45, 2.75) is 24.0 Å². The van der Waals surface area contributed by atoms with Crippen molar-refractivity contribution in [3.63, 3.8) is 0 Å². The number of hydrogen-bond donors (Lipinski definition) is 2. The van der Waals surface area contributed by atoms with Crippen molar-refractivity contribution in [2.24, 2.45) is 0 Å². The molecule has 1 aromatic carbocycles. The Balaban J connectivity index is 1.36. The van der Waals surface area contributed by atoms with E-state index in [2.05, 4.69) is 20.8 Å². The van der Waals surface area contributed by atoms with Crippen LogP contribution in [0.3, 0.4) is 0 Å². The fourth-order valence-corrected chi connectivity index (χ4v) is 2.47. The summed E-state index contributed by atoms with van der Waals surface area (Å²) >= 11 is 1.13. The van der Waals surface area contributed by atoms with Crippen LogP contribution in [-0.2, 0) is 9.59 Å². The molecule has 2 N–H and O–H groups in total. The van der Waals surface area contributed by atoms with Gasteiger partial charge in [0.15, 0.2) is 0 Å². The Bertz CT molecular complexity index is 731. The smallest absolute Gasteiger partial charge is 0.277 e. The maximum Gasteiger partial charge on any atom is 0.277 e. The lowest BCUT2D eigenvalue weighted by atomic mass is 10.3. The van der Waals surface area contributed by atoms with Gasteiger partial charge in [0.2, 0.25) is 17.7 Å². The van der Waals surface area contributed by atoms with Gasteiger partial charge in [-0.25, -0.2) is 4.39 Å². The van der Waals surface area contributed by atoms with E-state index in [0.29, 0.717) is 22.7 Å². The molecule has 0 radical (unpaired) electrons. The summed E-state index contributed by atoms with van der Waals surface area (Å²) in [4.78, 5) is 23.4. The second kappa shape index (κ2) is 7.43. The minimum Gasteiger partial charge on any atom is -0.416 e. The van der Waals surface area contributed by atoms with Crippen LogP contribution in [0.4, 0.5) is 10.1 Å². The van der Waals surface area contributed by atoms with Gasteiger partial charge >= 0.3 is 0 Å². The number of rotatable bonds is 7. The van der Waals surface area contributed by atoms with Gasteiger partial charge in [-0.05, 0) is 37.1 Å². The number of hydrogen-bond acceptors (Lipinski definition) is 6. The first-order valence-electron chi connectivity index (χ1n) is 7.38. The zero-order chi connectivity index (χ0) is 16.9. The maximum atomic E-state index is 12.8. The SMILES string of the molecule is O=C(CSc1nnc(C2CC2)o1)NCC(=O)Nc1ccc(F)cc1. The lowest BCUT2D eigenvalue weighted by molar-refractivity contribution is -0.122. The number of carbonyl (C=O) groups excluding carboxylic acids is 2. The molecular formula is C15H15FN4O3S. The van der Waals surface area contributed by atoms with E-state index in [4.69, 9.17) is 4.42 Å². The topological polar surface area (TPSA) is 97.1 Å². The molecule has 2 amide bonds. The summed E-state index contributed by atoms with van der Waals surface area (Å²) in [5.41, 5.74) is 0.462. The quantitative estimate of drug-likeness (QED) is 0.741. The van der Waals surface area contributed by atoms with Crippen LogP contribution in [-0.4, -0.2) is 34.3 Å². The number of nitrogens with one attached hydrogen (secondary N) is 2. The number of amides is 2. The molecule has 0 bridgehead atoms. The summed E-state index contributed by atoms with van der Waals surface area (Å²) in [6.45, 7) is -0.173. The van der Waals surface area contributed by atoms with Crippen molar-refractivity contribution in [1.29, 1.82) is 0 Å². The van der Waals surface area contributed by atoms with Crippen LogP contribution in [0.1, 0.15) is 24.7 Å². The van der Waals surface area contributed by atoms with Crippen LogP contribution in [0, 0.1) is 5.82 Å². The molecule has 7 nitrogen and oxygen atoms in total. The van der Waals surface area contributed by atoms with Crippen molar-refractivity contribution in [1.82, 2.24) is 15.5 Å². The molecule has 2 aromatic rings. The van der Waals surface area contributed by atoms with Crippen LogP contribution >= 0.6 is 11.8 Å². The second-order valence-corrected chi connectivity index (χ2v) is 6.23. The molecule has 1 aliphatic carbocycles. The van der Waals surface area contributed by atoms with Gasteiger partial charge in [-0.15, -0.1) is 10.2 Å². The number of nitrogens with zero attached hydrogens (tertiary/aromatic N) is 2. The minimum absolute atomic E-state index is 0.0795. The van der Waals surface area contributed by atoms with Crippen LogP contribution in [0.5, 0.6) is 0 Å². The largest absolute Gasteiger partial charge is 0.416 e. The molecule has 9 heteroatoms. The standard InChI is InChI=1S/C15H15FN4O3S/c16-10-3-5-11(6-4-10)18-12(21)7-17-13(22)8-24-15-20-19-14(23-15)9-1-2-9/h3-6,9H,1-2,7-8H2,(H,17,22)(H,18,21). The molecule has 0 aliphatic heterocycles. The first-order chi connectivity index (χ1) is 11.6. The van der Waals surface area contributed by atoms with Gasteiger partial charge in [0.05, 0.1) is 12.3 Å². The molecule has 0 spiro atoms. The van der Waals surface area contributed by atoms with Gasteiger partial charge in [-0.2, -0.15) is 0 Å². The van der Waals surface area contributed by atoms with Gasteiger partial charge in [-0.1, -0.05) is 11.8 Å². The molecule has 1 saturated carbocycles. The lowest BCUT2D eigenvalue weighted by Gasteiger charge is -2.06. The summed E-state index contributed by atoms with van der Waals surface area (Å²) in [5, 5.41) is 13.2. The van der Waals surface area contributed by atoms with Gasteiger partial charge in [0.25, 0.3) is 5.22 Å². The van der Waals surface area contributed by atoms with E-state index in [1.165, 1.54) is 24.3 Å². The highest BCUT2D eigenvalue weighted by Gasteiger charge is 2.29. The van der Waals surface area contributed by atoms with Crippen molar-refractivity contribution >= 4 is 29.3 Å². The van der Waals surface area contributed by atoms with Crippen LogP contribution in [0.15, 0.2) is 33.9 Å². The molecule has 1 aromatic heterocycles. The van der Waals surface area contributed by atoms with E-state index in [1.54, 1.807) is 0 Å². The highest BCUT2D eigenvalue weighted by Crippen LogP contribution is 2.39. The molecule has 1 heterocycles.